The average molecular weight is 374 g/mol. The van der Waals surface area contributed by atoms with Gasteiger partial charge in [0.2, 0.25) is 0 Å². The van der Waals surface area contributed by atoms with Crippen molar-refractivity contribution in [2.24, 2.45) is 0 Å². The Hall–Kier alpha value is -1.82. The van der Waals surface area contributed by atoms with Crippen molar-refractivity contribution in [1.29, 1.82) is 0 Å². The van der Waals surface area contributed by atoms with E-state index in [9.17, 15) is 4.79 Å². The van der Waals surface area contributed by atoms with Gasteiger partial charge in [-0.05, 0) is 36.6 Å². The quantitative estimate of drug-likeness (QED) is 0.739. The second-order valence-electron chi connectivity index (χ2n) is 6.38. The molecule has 1 aliphatic rings. The highest BCUT2D eigenvalue weighted by Crippen LogP contribution is 2.32. The fourth-order valence-corrected chi connectivity index (χ4v) is 4.83. The number of hydrogen-bond donors (Lipinski definition) is 1. The van der Waals surface area contributed by atoms with Gasteiger partial charge in [-0.25, -0.2) is 0 Å². The molecular weight excluding hydrogens is 354 g/mol. The first kappa shape index (κ1) is 16.6. The lowest BCUT2D eigenvalue weighted by molar-refractivity contribution is 0.0586. The van der Waals surface area contributed by atoms with E-state index in [0.717, 1.165) is 47.7 Å². The lowest BCUT2D eigenvalue weighted by Gasteiger charge is -2.38. The Kier molecular flexibility index (Phi) is 4.54. The van der Waals surface area contributed by atoms with Crippen molar-refractivity contribution in [2.75, 3.05) is 26.2 Å². The number of nitrogens with one attached hydrogen (secondary N) is 1. The van der Waals surface area contributed by atoms with Crippen LogP contribution in [0.5, 0.6) is 0 Å². The van der Waals surface area contributed by atoms with Crippen LogP contribution in [0.3, 0.4) is 0 Å². The van der Waals surface area contributed by atoms with Crippen LogP contribution >= 0.6 is 22.9 Å². The molecule has 1 fully saturated rings. The second-order valence-corrected chi connectivity index (χ2v) is 7.74. The SMILES string of the molecule is C[C@@H](c1sccc1Cl)N1CCN(C(=O)c2cccc3[nH]ccc23)CC1. The summed E-state index contributed by atoms with van der Waals surface area (Å²) in [5.41, 5.74) is 1.78. The van der Waals surface area contributed by atoms with E-state index in [4.69, 9.17) is 11.6 Å². The van der Waals surface area contributed by atoms with Gasteiger partial charge in [0.25, 0.3) is 5.91 Å². The highest BCUT2D eigenvalue weighted by molar-refractivity contribution is 7.10. The molecule has 2 aromatic heterocycles. The van der Waals surface area contributed by atoms with Gasteiger partial charge in [-0.1, -0.05) is 17.7 Å². The molecule has 1 N–H and O–H groups in total. The number of thiophene rings is 1. The van der Waals surface area contributed by atoms with Gasteiger partial charge in [-0.2, -0.15) is 0 Å². The molecule has 0 unspecified atom stereocenters. The van der Waals surface area contributed by atoms with Crippen LogP contribution in [-0.4, -0.2) is 46.9 Å². The minimum absolute atomic E-state index is 0.117. The zero-order valence-corrected chi connectivity index (χ0v) is 15.6. The smallest absolute Gasteiger partial charge is 0.254 e. The summed E-state index contributed by atoms with van der Waals surface area (Å²) in [6.07, 6.45) is 1.88. The van der Waals surface area contributed by atoms with Gasteiger partial charge in [0, 0.05) is 59.8 Å². The number of rotatable bonds is 3. The fourth-order valence-electron chi connectivity index (χ4n) is 3.52. The summed E-state index contributed by atoms with van der Waals surface area (Å²) in [5.74, 6) is 0.117. The first-order chi connectivity index (χ1) is 12.1. The summed E-state index contributed by atoms with van der Waals surface area (Å²) in [6, 6.07) is 10.1. The van der Waals surface area contributed by atoms with E-state index in [-0.39, 0.29) is 11.9 Å². The fraction of sp³-hybridized carbons (Fsp3) is 0.316. The van der Waals surface area contributed by atoms with Crippen molar-refractivity contribution < 1.29 is 4.79 Å². The summed E-state index contributed by atoms with van der Waals surface area (Å²) in [5, 5.41) is 3.87. The zero-order chi connectivity index (χ0) is 17.4. The molecule has 6 heteroatoms. The van der Waals surface area contributed by atoms with Crippen LogP contribution in [0, 0.1) is 0 Å². The molecule has 0 aliphatic carbocycles. The number of carbonyl (C=O) groups excluding carboxylic acids is 1. The average Bonchev–Trinajstić information content (AvgIpc) is 3.29. The number of carbonyl (C=O) groups is 1. The minimum Gasteiger partial charge on any atom is -0.361 e. The maximum atomic E-state index is 12.9. The molecule has 1 saturated heterocycles. The third kappa shape index (κ3) is 3.08. The van der Waals surface area contributed by atoms with Crippen molar-refractivity contribution >= 4 is 39.7 Å². The van der Waals surface area contributed by atoms with Crippen LogP contribution in [0.25, 0.3) is 10.9 Å². The number of amides is 1. The third-order valence-electron chi connectivity index (χ3n) is 5.00. The molecule has 1 amide bonds. The van der Waals surface area contributed by atoms with Gasteiger partial charge in [0.05, 0.1) is 5.02 Å². The standard InChI is InChI=1S/C19H20ClN3OS/c1-13(18-16(20)6-12-25-18)22-8-10-23(11-9-22)19(24)15-3-2-4-17-14(15)5-7-21-17/h2-7,12-13,21H,8-11H2,1H3/t13-/m0/s1. The van der Waals surface area contributed by atoms with Crippen molar-refractivity contribution in [3.63, 3.8) is 0 Å². The Morgan fingerprint density at radius 3 is 2.72 bits per heavy atom. The lowest BCUT2D eigenvalue weighted by Crippen LogP contribution is -2.49. The molecule has 25 heavy (non-hydrogen) atoms. The number of hydrogen-bond acceptors (Lipinski definition) is 3. The highest BCUT2D eigenvalue weighted by atomic mass is 35.5. The molecule has 3 heterocycles. The molecule has 4 rings (SSSR count). The molecule has 4 nitrogen and oxygen atoms in total. The van der Waals surface area contributed by atoms with Crippen molar-refractivity contribution in [2.45, 2.75) is 13.0 Å². The Labute approximate surface area is 156 Å². The van der Waals surface area contributed by atoms with E-state index in [1.807, 2.05) is 46.8 Å². The van der Waals surface area contributed by atoms with E-state index < -0.39 is 0 Å². The van der Waals surface area contributed by atoms with E-state index >= 15 is 0 Å². The summed E-state index contributed by atoms with van der Waals surface area (Å²) >= 11 is 7.97. The number of benzene rings is 1. The molecule has 0 saturated carbocycles. The van der Waals surface area contributed by atoms with Crippen molar-refractivity contribution in [1.82, 2.24) is 14.8 Å². The first-order valence-corrected chi connectivity index (χ1v) is 9.73. The molecule has 0 bridgehead atoms. The van der Waals surface area contributed by atoms with Gasteiger partial charge in [0.1, 0.15) is 0 Å². The Balaban J connectivity index is 1.46. The maximum absolute atomic E-state index is 12.9. The molecule has 1 aromatic carbocycles. The second kappa shape index (κ2) is 6.83. The van der Waals surface area contributed by atoms with E-state index in [0.29, 0.717) is 0 Å². The predicted molar refractivity (Wildman–Crippen MR) is 104 cm³/mol. The number of halogens is 1. The zero-order valence-electron chi connectivity index (χ0n) is 14.0. The molecule has 0 radical (unpaired) electrons. The van der Waals surface area contributed by atoms with Crippen LogP contribution in [0.15, 0.2) is 41.9 Å². The predicted octanol–water partition coefficient (Wildman–Crippen LogP) is 4.40. The van der Waals surface area contributed by atoms with Crippen molar-refractivity contribution in [3.8, 4) is 0 Å². The van der Waals surface area contributed by atoms with Crippen LogP contribution in [0.4, 0.5) is 0 Å². The van der Waals surface area contributed by atoms with Crippen LogP contribution in [-0.2, 0) is 0 Å². The molecule has 3 aromatic rings. The highest BCUT2D eigenvalue weighted by Gasteiger charge is 2.27. The maximum Gasteiger partial charge on any atom is 0.254 e. The van der Waals surface area contributed by atoms with E-state index in [1.54, 1.807) is 11.3 Å². The first-order valence-electron chi connectivity index (χ1n) is 8.47. The van der Waals surface area contributed by atoms with Crippen molar-refractivity contribution in [3.05, 3.63) is 57.4 Å². The van der Waals surface area contributed by atoms with Crippen LogP contribution in [0.1, 0.15) is 28.2 Å². The molecule has 1 atom stereocenters. The van der Waals surface area contributed by atoms with Gasteiger partial charge < -0.3 is 9.88 Å². The number of H-pyrrole nitrogens is 1. The molecular formula is C19H20ClN3OS. The Bertz CT molecular complexity index is 895. The van der Waals surface area contributed by atoms with Crippen LogP contribution in [0.2, 0.25) is 5.02 Å². The Morgan fingerprint density at radius 2 is 2.00 bits per heavy atom. The molecule has 1 aliphatic heterocycles. The van der Waals surface area contributed by atoms with Gasteiger partial charge in [-0.15, -0.1) is 11.3 Å². The van der Waals surface area contributed by atoms with Gasteiger partial charge in [-0.3, -0.25) is 9.69 Å². The normalized spacial score (nSPS) is 17.1. The number of nitrogens with zero attached hydrogens (tertiary/aromatic N) is 2. The lowest BCUT2D eigenvalue weighted by atomic mass is 10.1. The summed E-state index contributed by atoms with van der Waals surface area (Å²) in [6.45, 7) is 5.41. The molecule has 130 valence electrons. The van der Waals surface area contributed by atoms with E-state index in [2.05, 4.69) is 16.8 Å². The van der Waals surface area contributed by atoms with Gasteiger partial charge >= 0.3 is 0 Å². The number of fused-ring (bicyclic) bond motifs is 1. The summed E-state index contributed by atoms with van der Waals surface area (Å²) < 4.78 is 0. The summed E-state index contributed by atoms with van der Waals surface area (Å²) in [7, 11) is 0. The Morgan fingerprint density at radius 1 is 1.20 bits per heavy atom. The number of piperazine rings is 1. The number of aromatic amines is 1. The monoisotopic (exact) mass is 373 g/mol. The largest absolute Gasteiger partial charge is 0.361 e. The minimum atomic E-state index is 0.117. The summed E-state index contributed by atoms with van der Waals surface area (Å²) in [4.78, 5) is 21.7. The van der Waals surface area contributed by atoms with E-state index in [1.165, 1.54) is 4.88 Å². The van der Waals surface area contributed by atoms with Crippen LogP contribution < -0.4 is 0 Å². The molecule has 0 spiro atoms. The third-order valence-corrected chi connectivity index (χ3v) is 6.53. The van der Waals surface area contributed by atoms with Gasteiger partial charge in [0.15, 0.2) is 0 Å². The number of aromatic nitrogens is 1. The topological polar surface area (TPSA) is 39.3 Å².